The van der Waals surface area contributed by atoms with E-state index in [9.17, 15) is 0 Å². The highest BCUT2D eigenvalue weighted by atomic mass is 16.4. The lowest BCUT2D eigenvalue weighted by Crippen LogP contribution is -2.28. The first kappa shape index (κ1) is 11.7. The topological polar surface area (TPSA) is 32.6 Å². The summed E-state index contributed by atoms with van der Waals surface area (Å²) in [6, 6.07) is 0. The van der Waals surface area contributed by atoms with Crippen LogP contribution in [0, 0.1) is 11.3 Å². The van der Waals surface area contributed by atoms with Gasteiger partial charge in [-0.25, -0.2) is 0 Å². The Bertz CT molecular complexity index is 339. The molecule has 0 radical (unpaired) electrons. The predicted molar refractivity (Wildman–Crippen MR) is 66.9 cm³/mol. The number of hydrogen-bond donors (Lipinski definition) is 1. The van der Waals surface area contributed by atoms with Crippen molar-refractivity contribution in [2.24, 2.45) is 16.5 Å². The first-order chi connectivity index (χ1) is 7.54. The van der Waals surface area contributed by atoms with Crippen molar-refractivity contribution in [3.8, 4) is 0 Å². The Kier molecular flexibility index (Phi) is 3.09. The minimum absolute atomic E-state index is 0.377. The van der Waals surface area contributed by atoms with Crippen molar-refractivity contribution in [1.29, 1.82) is 0 Å². The monoisotopic (exact) mass is 221 g/mol. The third-order valence-corrected chi connectivity index (χ3v) is 4.52. The van der Waals surface area contributed by atoms with E-state index >= 15 is 0 Å². The Morgan fingerprint density at radius 1 is 1.38 bits per heavy atom. The van der Waals surface area contributed by atoms with Gasteiger partial charge in [-0.3, -0.25) is 0 Å². The van der Waals surface area contributed by atoms with Gasteiger partial charge in [0.25, 0.3) is 0 Å². The molecule has 0 spiro atoms. The minimum atomic E-state index is 0.377. The maximum Gasteiger partial charge on any atom is 0.0574 e. The summed E-state index contributed by atoms with van der Waals surface area (Å²) in [4.78, 5) is 0. The molecule has 1 atom stereocenters. The molecule has 0 aromatic carbocycles. The summed E-state index contributed by atoms with van der Waals surface area (Å²) in [6.45, 7) is 6.69. The first-order valence-electron chi connectivity index (χ1n) is 6.44. The van der Waals surface area contributed by atoms with Gasteiger partial charge in [-0.15, -0.1) is 0 Å². The second-order valence-electron chi connectivity index (χ2n) is 6.00. The molecule has 2 nitrogen and oxygen atoms in total. The first-order valence-corrected chi connectivity index (χ1v) is 6.44. The molecule has 0 amide bonds. The van der Waals surface area contributed by atoms with E-state index < -0.39 is 0 Å². The van der Waals surface area contributed by atoms with Crippen LogP contribution in [0.15, 0.2) is 16.3 Å². The van der Waals surface area contributed by atoms with Crippen molar-refractivity contribution in [3.05, 3.63) is 11.1 Å². The molecule has 16 heavy (non-hydrogen) atoms. The minimum Gasteiger partial charge on any atom is -0.411 e. The van der Waals surface area contributed by atoms with Gasteiger partial charge >= 0.3 is 0 Å². The highest BCUT2D eigenvalue weighted by Gasteiger charge is 2.34. The van der Waals surface area contributed by atoms with Crippen LogP contribution >= 0.6 is 0 Å². The zero-order valence-electron chi connectivity index (χ0n) is 10.7. The summed E-state index contributed by atoms with van der Waals surface area (Å²) in [7, 11) is 0. The van der Waals surface area contributed by atoms with E-state index in [1.165, 1.54) is 32.1 Å². The van der Waals surface area contributed by atoms with Gasteiger partial charge in [-0.05, 0) is 50.9 Å². The molecule has 0 fully saturated rings. The second-order valence-corrected chi connectivity index (χ2v) is 6.00. The third kappa shape index (κ3) is 2.02. The predicted octanol–water partition coefficient (Wildman–Crippen LogP) is 4.14. The van der Waals surface area contributed by atoms with E-state index in [-0.39, 0.29) is 0 Å². The Labute approximate surface area is 98.4 Å². The molecule has 2 heteroatoms. The lowest BCUT2D eigenvalue weighted by Gasteiger charge is -2.40. The third-order valence-electron chi connectivity index (χ3n) is 4.52. The zero-order valence-corrected chi connectivity index (χ0v) is 10.7. The van der Waals surface area contributed by atoms with E-state index in [0.29, 0.717) is 11.3 Å². The fraction of sp³-hybridized carbons (Fsp3) is 0.786. The van der Waals surface area contributed by atoms with Gasteiger partial charge < -0.3 is 5.21 Å². The summed E-state index contributed by atoms with van der Waals surface area (Å²) < 4.78 is 0. The highest BCUT2D eigenvalue weighted by Crippen LogP contribution is 2.47. The molecule has 0 bridgehead atoms. The summed E-state index contributed by atoms with van der Waals surface area (Å²) in [5.74, 6) is 0.473. The normalized spacial score (nSPS) is 30.2. The molecule has 0 heterocycles. The summed E-state index contributed by atoms with van der Waals surface area (Å²) in [5, 5.41) is 12.3. The lowest BCUT2D eigenvalue weighted by atomic mass is 9.65. The van der Waals surface area contributed by atoms with Gasteiger partial charge in [0.15, 0.2) is 0 Å². The maximum atomic E-state index is 8.89. The molecule has 1 unspecified atom stereocenters. The van der Waals surface area contributed by atoms with Crippen LogP contribution in [0.3, 0.4) is 0 Å². The number of nitrogens with zero attached hydrogens (tertiary/aromatic N) is 1. The molecule has 0 aromatic heterocycles. The van der Waals surface area contributed by atoms with Crippen molar-refractivity contribution in [1.82, 2.24) is 0 Å². The van der Waals surface area contributed by atoms with Crippen LogP contribution < -0.4 is 0 Å². The number of oxime groups is 1. The molecule has 2 aliphatic carbocycles. The van der Waals surface area contributed by atoms with Crippen LogP contribution in [-0.2, 0) is 0 Å². The molecular weight excluding hydrogens is 198 g/mol. The molecule has 0 aliphatic heterocycles. The number of hydrogen-bond acceptors (Lipinski definition) is 2. The van der Waals surface area contributed by atoms with Crippen LogP contribution in [0.25, 0.3) is 0 Å². The summed E-state index contributed by atoms with van der Waals surface area (Å²) in [5.41, 5.74) is 4.66. The van der Waals surface area contributed by atoms with E-state index in [2.05, 4.69) is 19.0 Å². The van der Waals surface area contributed by atoms with Crippen LogP contribution in [0.5, 0.6) is 0 Å². The van der Waals surface area contributed by atoms with Crippen molar-refractivity contribution in [3.63, 3.8) is 0 Å². The summed E-state index contributed by atoms with van der Waals surface area (Å²) in [6.07, 6.45) is 7.48. The SMILES string of the molecule is CC(=NO)C1CCC2=C(C1)C(C)(C)CCC2. The van der Waals surface area contributed by atoms with E-state index in [1.807, 2.05) is 6.92 Å². The van der Waals surface area contributed by atoms with Crippen LogP contribution in [-0.4, -0.2) is 10.9 Å². The molecule has 2 rings (SSSR count). The Morgan fingerprint density at radius 3 is 2.81 bits per heavy atom. The molecule has 90 valence electrons. The number of rotatable bonds is 1. The van der Waals surface area contributed by atoms with Crippen LogP contribution in [0.2, 0.25) is 0 Å². The molecule has 0 aromatic rings. The number of allylic oxidation sites excluding steroid dienone is 2. The van der Waals surface area contributed by atoms with E-state index in [0.717, 1.165) is 12.1 Å². The zero-order chi connectivity index (χ0) is 11.8. The van der Waals surface area contributed by atoms with Gasteiger partial charge in [0.1, 0.15) is 0 Å². The van der Waals surface area contributed by atoms with Crippen molar-refractivity contribution in [2.75, 3.05) is 0 Å². The largest absolute Gasteiger partial charge is 0.411 e. The average Bonchev–Trinajstić information content (AvgIpc) is 2.27. The smallest absolute Gasteiger partial charge is 0.0574 e. The van der Waals surface area contributed by atoms with Gasteiger partial charge in [0.2, 0.25) is 0 Å². The molecule has 0 saturated heterocycles. The standard InChI is InChI=1S/C14H23NO/c1-10(15-16)12-7-6-11-5-4-8-14(2,3)13(11)9-12/h12,16H,4-9H2,1-3H3. The van der Waals surface area contributed by atoms with Gasteiger partial charge in [-0.1, -0.05) is 30.1 Å². The van der Waals surface area contributed by atoms with Crippen molar-refractivity contribution in [2.45, 2.75) is 59.3 Å². The van der Waals surface area contributed by atoms with Crippen molar-refractivity contribution >= 4 is 5.71 Å². The van der Waals surface area contributed by atoms with Gasteiger partial charge in [0.05, 0.1) is 5.71 Å². The van der Waals surface area contributed by atoms with E-state index in [4.69, 9.17) is 5.21 Å². The Balaban J connectivity index is 2.23. The fourth-order valence-electron chi connectivity index (χ4n) is 3.36. The Hall–Kier alpha value is -0.790. The van der Waals surface area contributed by atoms with Crippen LogP contribution in [0.1, 0.15) is 59.3 Å². The van der Waals surface area contributed by atoms with Crippen molar-refractivity contribution < 1.29 is 5.21 Å². The average molecular weight is 221 g/mol. The van der Waals surface area contributed by atoms with Crippen LogP contribution in [0.4, 0.5) is 0 Å². The lowest BCUT2D eigenvalue weighted by molar-refractivity contribution is 0.303. The molecule has 1 N–H and O–H groups in total. The van der Waals surface area contributed by atoms with Gasteiger partial charge in [-0.2, -0.15) is 0 Å². The molecule has 2 aliphatic rings. The maximum absolute atomic E-state index is 8.89. The van der Waals surface area contributed by atoms with Gasteiger partial charge in [0, 0.05) is 5.92 Å². The quantitative estimate of drug-likeness (QED) is 0.307. The molecular formula is C14H23NO. The summed E-state index contributed by atoms with van der Waals surface area (Å²) >= 11 is 0. The Morgan fingerprint density at radius 2 is 2.12 bits per heavy atom. The highest BCUT2D eigenvalue weighted by molar-refractivity contribution is 5.84. The molecule has 0 saturated carbocycles. The van der Waals surface area contributed by atoms with E-state index in [1.54, 1.807) is 11.1 Å². The fourth-order valence-corrected chi connectivity index (χ4v) is 3.36. The second kappa shape index (κ2) is 4.23.